The van der Waals surface area contributed by atoms with Crippen molar-refractivity contribution in [2.75, 3.05) is 44.7 Å². The lowest BCUT2D eigenvalue weighted by Gasteiger charge is -2.32. The second-order valence-corrected chi connectivity index (χ2v) is 6.75. The van der Waals surface area contributed by atoms with Gasteiger partial charge in [-0.25, -0.2) is 4.52 Å². The van der Waals surface area contributed by atoms with E-state index in [1.54, 1.807) is 18.7 Å². The Morgan fingerprint density at radius 2 is 1.93 bits per heavy atom. The van der Waals surface area contributed by atoms with Crippen LogP contribution in [-0.2, 0) is 4.74 Å². The molecule has 0 aliphatic carbocycles. The highest BCUT2D eigenvalue weighted by atomic mass is 16.5. The molecule has 0 atom stereocenters. The molecule has 0 unspecified atom stereocenters. The Morgan fingerprint density at radius 3 is 2.68 bits per heavy atom. The summed E-state index contributed by atoms with van der Waals surface area (Å²) in [6, 6.07) is 10.1. The number of anilines is 3. The molecule has 1 aliphatic rings. The maximum absolute atomic E-state index is 5.49. The average Bonchev–Trinajstić information content (AvgIpc) is 3.16. The van der Waals surface area contributed by atoms with Gasteiger partial charge in [0.1, 0.15) is 0 Å². The number of methoxy groups -OCH3 is 2. The van der Waals surface area contributed by atoms with E-state index in [0.29, 0.717) is 23.5 Å². The first kappa shape index (κ1) is 18.4. The van der Waals surface area contributed by atoms with Crippen LogP contribution in [0.3, 0.4) is 0 Å². The fourth-order valence-corrected chi connectivity index (χ4v) is 3.53. The molecule has 8 heteroatoms. The van der Waals surface area contributed by atoms with E-state index in [-0.39, 0.29) is 0 Å². The van der Waals surface area contributed by atoms with Gasteiger partial charge in [-0.05, 0) is 37.1 Å². The molecule has 0 spiro atoms. The van der Waals surface area contributed by atoms with Gasteiger partial charge in [-0.1, -0.05) is 0 Å². The van der Waals surface area contributed by atoms with Crippen LogP contribution in [0.15, 0.2) is 36.5 Å². The third-order valence-corrected chi connectivity index (χ3v) is 5.10. The van der Waals surface area contributed by atoms with Crippen molar-refractivity contribution in [3.8, 4) is 11.5 Å². The van der Waals surface area contributed by atoms with Gasteiger partial charge in [0.2, 0.25) is 5.95 Å². The summed E-state index contributed by atoms with van der Waals surface area (Å²) in [7, 11) is 5.34. The van der Waals surface area contributed by atoms with Crippen molar-refractivity contribution in [3.05, 3.63) is 36.5 Å². The first-order valence-electron chi connectivity index (χ1n) is 9.34. The van der Waals surface area contributed by atoms with E-state index < -0.39 is 0 Å². The van der Waals surface area contributed by atoms with Crippen molar-refractivity contribution >= 4 is 23.0 Å². The number of aromatic nitrogens is 3. The number of rotatable bonds is 6. The van der Waals surface area contributed by atoms with Crippen molar-refractivity contribution < 1.29 is 14.2 Å². The Morgan fingerprint density at radius 1 is 1.14 bits per heavy atom. The third kappa shape index (κ3) is 3.55. The summed E-state index contributed by atoms with van der Waals surface area (Å²) < 4.78 is 17.9. The third-order valence-electron chi connectivity index (χ3n) is 5.10. The number of nitrogens with one attached hydrogen (secondary N) is 1. The Labute approximate surface area is 164 Å². The minimum atomic E-state index is 0.443. The van der Waals surface area contributed by atoms with Crippen LogP contribution in [0, 0.1) is 0 Å². The van der Waals surface area contributed by atoms with E-state index in [0.717, 1.165) is 43.1 Å². The minimum Gasteiger partial charge on any atom is -0.493 e. The molecular formula is C20H25N5O3. The quantitative estimate of drug-likeness (QED) is 0.701. The molecule has 3 aromatic rings. The number of nitrogens with zero attached hydrogens (tertiary/aromatic N) is 4. The Balaban J connectivity index is 1.61. The lowest BCUT2D eigenvalue weighted by atomic mass is 10.1. The minimum absolute atomic E-state index is 0.443. The van der Waals surface area contributed by atoms with Crippen molar-refractivity contribution in [3.63, 3.8) is 0 Å². The number of benzene rings is 1. The zero-order valence-corrected chi connectivity index (χ0v) is 16.4. The summed E-state index contributed by atoms with van der Waals surface area (Å²) in [5.74, 6) is 1.85. The van der Waals surface area contributed by atoms with E-state index >= 15 is 0 Å². The lowest BCUT2D eigenvalue weighted by molar-refractivity contribution is 0.0855. The van der Waals surface area contributed by atoms with Gasteiger partial charge < -0.3 is 24.4 Å². The average molecular weight is 383 g/mol. The van der Waals surface area contributed by atoms with Gasteiger partial charge in [0, 0.05) is 44.3 Å². The number of ether oxygens (including phenoxy) is 3. The van der Waals surface area contributed by atoms with E-state index in [4.69, 9.17) is 19.2 Å². The molecule has 1 fully saturated rings. The monoisotopic (exact) mass is 383 g/mol. The molecule has 8 nitrogen and oxygen atoms in total. The van der Waals surface area contributed by atoms with Gasteiger partial charge in [-0.15, -0.1) is 5.10 Å². The molecular weight excluding hydrogens is 358 g/mol. The molecule has 0 amide bonds. The summed E-state index contributed by atoms with van der Waals surface area (Å²) in [4.78, 5) is 7.00. The summed E-state index contributed by atoms with van der Waals surface area (Å²) in [6.07, 6.45) is 3.94. The first-order chi connectivity index (χ1) is 13.7. The first-order valence-corrected chi connectivity index (χ1v) is 9.34. The van der Waals surface area contributed by atoms with Crippen molar-refractivity contribution in [1.29, 1.82) is 0 Å². The van der Waals surface area contributed by atoms with E-state index in [1.165, 1.54) is 0 Å². The van der Waals surface area contributed by atoms with Gasteiger partial charge in [0.05, 0.1) is 19.9 Å². The van der Waals surface area contributed by atoms with Gasteiger partial charge in [0.25, 0.3) is 0 Å². The predicted molar refractivity (Wildman–Crippen MR) is 108 cm³/mol. The molecule has 1 aliphatic heterocycles. The molecule has 0 radical (unpaired) electrons. The molecule has 4 rings (SSSR count). The van der Waals surface area contributed by atoms with Crippen LogP contribution in [0.2, 0.25) is 0 Å². The maximum Gasteiger partial charge on any atom is 0.247 e. The summed E-state index contributed by atoms with van der Waals surface area (Å²) in [6.45, 7) is 1.61. The number of fused-ring (bicyclic) bond motifs is 1. The van der Waals surface area contributed by atoms with Crippen molar-refractivity contribution in [2.24, 2.45) is 0 Å². The van der Waals surface area contributed by atoms with Crippen LogP contribution >= 0.6 is 0 Å². The highest BCUT2D eigenvalue weighted by molar-refractivity contribution is 5.71. The zero-order valence-electron chi connectivity index (χ0n) is 16.4. The highest BCUT2D eigenvalue weighted by Gasteiger charge is 2.21. The fraction of sp³-hybridized carbons (Fsp3) is 0.400. The molecule has 0 saturated carbocycles. The lowest BCUT2D eigenvalue weighted by Crippen LogP contribution is -2.36. The van der Waals surface area contributed by atoms with Crippen LogP contribution in [-0.4, -0.2) is 55.1 Å². The fourth-order valence-electron chi connectivity index (χ4n) is 3.53. The van der Waals surface area contributed by atoms with Gasteiger partial charge in [-0.2, -0.15) is 4.98 Å². The van der Waals surface area contributed by atoms with Gasteiger partial charge >= 0.3 is 0 Å². The molecule has 1 saturated heterocycles. The van der Waals surface area contributed by atoms with E-state index in [9.17, 15) is 0 Å². The molecule has 28 heavy (non-hydrogen) atoms. The Bertz CT molecular complexity index is 952. The SMILES string of the molecule is COc1ccc(Nc2nc3c(N(C)C4CCOCC4)cccn3n2)cc1OC. The van der Waals surface area contributed by atoms with Crippen LogP contribution in [0.25, 0.3) is 5.65 Å². The number of hydrogen-bond donors (Lipinski definition) is 1. The van der Waals surface area contributed by atoms with Crippen molar-refractivity contribution in [2.45, 2.75) is 18.9 Å². The standard InChI is InChI=1S/C20H25N5O3/c1-24(15-8-11-28-12-9-15)16-5-4-10-25-19(16)22-20(23-25)21-14-6-7-17(26-2)18(13-14)27-3/h4-7,10,13,15H,8-9,11-12H2,1-3H3,(H,21,23). The molecule has 3 heterocycles. The molecule has 1 aromatic carbocycles. The molecule has 148 valence electrons. The topological polar surface area (TPSA) is 73.2 Å². The van der Waals surface area contributed by atoms with Crippen LogP contribution in [0.5, 0.6) is 11.5 Å². The Kier molecular flexibility index (Phi) is 5.21. The zero-order chi connectivity index (χ0) is 19.5. The van der Waals surface area contributed by atoms with E-state index in [2.05, 4.69) is 28.4 Å². The largest absolute Gasteiger partial charge is 0.493 e. The molecule has 1 N–H and O–H groups in total. The summed E-state index contributed by atoms with van der Waals surface area (Å²) in [5, 5.41) is 7.81. The highest BCUT2D eigenvalue weighted by Crippen LogP contribution is 2.31. The van der Waals surface area contributed by atoms with Gasteiger partial charge in [0.15, 0.2) is 17.1 Å². The predicted octanol–water partition coefficient (Wildman–Crippen LogP) is 3.11. The Hall–Kier alpha value is -3.00. The van der Waals surface area contributed by atoms with E-state index in [1.807, 2.05) is 30.5 Å². The van der Waals surface area contributed by atoms with Crippen molar-refractivity contribution in [1.82, 2.24) is 14.6 Å². The number of pyridine rings is 1. The van der Waals surface area contributed by atoms with Crippen LogP contribution in [0.4, 0.5) is 17.3 Å². The van der Waals surface area contributed by atoms with Crippen LogP contribution < -0.4 is 19.7 Å². The second kappa shape index (κ2) is 7.93. The van der Waals surface area contributed by atoms with Gasteiger partial charge in [-0.3, -0.25) is 0 Å². The smallest absolute Gasteiger partial charge is 0.247 e. The molecule has 2 aromatic heterocycles. The summed E-state index contributed by atoms with van der Waals surface area (Å²) in [5.41, 5.74) is 2.70. The molecule has 0 bridgehead atoms. The van der Waals surface area contributed by atoms with Crippen LogP contribution in [0.1, 0.15) is 12.8 Å². The second-order valence-electron chi connectivity index (χ2n) is 6.75. The normalized spacial score (nSPS) is 14.8. The number of hydrogen-bond acceptors (Lipinski definition) is 7. The summed E-state index contributed by atoms with van der Waals surface area (Å²) >= 11 is 0. The maximum atomic E-state index is 5.49.